The third-order valence-electron chi connectivity index (χ3n) is 3.77. The lowest BCUT2D eigenvalue weighted by Crippen LogP contribution is -2.53. The summed E-state index contributed by atoms with van der Waals surface area (Å²) in [6.07, 6.45) is 2.34. The second-order valence-electron chi connectivity index (χ2n) is 3.86. The molecule has 0 aliphatic carbocycles. The number of hydrogen-bond acceptors (Lipinski definition) is 2. The molecule has 0 radical (unpaired) electrons. The third-order valence-corrected chi connectivity index (χ3v) is 3.77. The van der Waals surface area contributed by atoms with Crippen LogP contribution in [0.1, 0.15) is 53.4 Å². The molecule has 0 aromatic rings. The van der Waals surface area contributed by atoms with Crippen LogP contribution in [0.4, 0.5) is 0 Å². The molecule has 0 aliphatic heterocycles. The highest BCUT2D eigenvalue weighted by atomic mass is 16.4. The van der Waals surface area contributed by atoms with E-state index in [2.05, 4.69) is 0 Å². The maximum Gasteiger partial charge on any atom is 0.336 e. The van der Waals surface area contributed by atoms with Gasteiger partial charge in [0.25, 0.3) is 0 Å². The molecule has 0 saturated heterocycles. The van der Waals surface area contributed by atoms with E-state index in [1.165, 1.54) is 0 Å². The molecule has 0 rings (SSSR count). The van der Waals surface area contributed by atoms with Gasteiger partial charge in [0.05, 0.1) is 0 Å². The molecule has 1 unspecified atom stereocenters. The maximum atomic E-state index is 11.1. The fourth-order valence-electron chi connectivity index (χ4n) is 2.38. The number of hydrogen-bond donors (Lipinski definition) is 2. The number of carbonyl (C=O) groups is 1. The summed E-state index contributed by atoms with van der Waals surface area (Å²) < 4.78 is 0. The van der Waals surface area contributed by atoms with Crippen molar-refractivity contribution in [2.45, 2.75) is 59.0 Å². The van der Waals surface area contributed by atoms with Crippen molar-refractivity contribution >= 4 is 5.97 Å². The van der Waals surface area contributed by atoms with Gasteiger partial charge in [-0.2, -0.15) is 0 Å². The Labute approximate surface area is 86.1 Å². The Morgan fingerprint density at radius 2 is 1.36 bits per heavy atom. The normalized spacial score (nSPS) is 16.4. The molecule has 0 fully saturated rings. The SMILES string of the molecule is CCC(CC)(CC)C(O)(CC)C(=O)O. The van der Waals surface area contributed by atoms with Crippen LogP contribution in [0, 0.1) is 5.41 Å². The van der Waals surface area contributed by atoms with E-state index in [9.17, 15) is 9.90 Å². The summed E-state index contributed by atoms with van der Waals surface area (Å²) >= 11 is 0. The van der Waals surface area contributed by atoms with Crippen molar-refractivity contribution in [3.05, 3.63) is 0 Å². The lowest BCUT2D eigenvalue weighted by Gasteiger charge is -2.43. The van der Waals surface area contributed by atoms with Crippen LogP contribution >= 0.6 is 0 Å². The van der Waals surface area contributed by atoms with E-state index in [1.807, 2.05) is 20.8 Å². The molecule has 0 amide bonds. The van der Waals surface area contributed by atoms with Gasteiger partial charge in [0, 0.05) is 5.41 Å². The Kier molecular flexibility index (Phi) is 4.59. The van der Waals surface area contributed by atoms with Crippen molar-refractivity contribution in [2.75, 3.05) is 0 Å². The lowest BCUT2D eigenvalue weighted by molar-refractivity contribution is -0.178. The van der Waals surface area contributed by atoms with Gasteiger partial charge in [-0.25, -0.2) is 4.79 Å². The van der Waals surface area contributed by atoms with Gasteiger partial charge in [-0.1, -0.05) is 27.7 Å². The van der Waals surface area contributed by atoms with Crippen molar-refractivity contribution in [3.8, 4) is 0 Å². The van der Waals surface area contributed by atoms with Crippen LogP contribution in [0.15, 0.2) is 0 Å². The minimum atomic E-state index is -1.58. The van der Waals surface area contributed by atoms with Gasteiger partial charge in [-0.05, 0) is 25.7 Å². The van der Waals surface area contributed by atoms with Crippen molar-refractivity contribution in [2.24, 2.45) is 5.41 Å². The van der Waals surface area contributed by atoms with Gasteiger partial charge < -0.3 is 10.2 Å². The van der Waals surface area contributed by atoms with Crippen molar-refractivity contribution in [1.82, 2.24) is 0 Å². The first kappa shape index (κ1) is 13.4. The maximum absolute atomic E-state index is 11.1. The first-order valence-electron chi connectivity index (χ1n) is 5.39. The highest BCUT2D eigenvalue weighted by Gasteiger charge is 2.51. The molecule has 2 N–H and O–H groups in total. The van der Waals surface area contributed by atoms with Gasteiger partial charge >= 0.3 is 5.97 Å². The summed E-state index contributed by atoms with van der Waals surface area (Å²) in [6, 6.07) is 0. The predicted octanol–water partition coefficient (Wildman–Crippen LogP) is 2.43. The van der Waals surface area contributed by atoms with Crippen LogP contribution in [0.2, 0.25) is 0 Å². The molecule has 0 aliphatic rings. The summed E-state index contributed by atoms with van der Waals surface area (Å²) in [5, 5.41) is 19.3. The Morgan fingerprint density at radius 3 is 1.43 bits per heavy atom. The number of aliphatic hydroxyl groups is 1. The zero-order valence-electron chi connectivity index (χ0n) is 9.63. The summed E-state index contributed by atoms with van der Waals surface area (Å²) in [5.74, 6) is -1.09. The van der Waals surface area contributed by atoms with Crippen LogP contribution < -0.4 is 0 Å². The monoisotopic (exact) mass is 202 g/mol. The van der Waals surface area contributed by atoms with Gasteiger partial charge in [0.1, 0.15) is 0 Å². The molecule has 0 heterocycles. The molecule has 0 bridgehead atoms. The van der Waals surface area contributed by atoms with E-state index in [0.717, 1.165) is 0 Å². The smallest absolute Gasteiger partial charge is 0.336 e. The average molecular weight is 202 g/mol. The molecule has 0 saturated carbocycles. The van der Waals surface area contributed by atoms with E-state index in [1.54, 1.807) is 6.92 Å². The van der Waals surface area contributed by atoms with Crippen LogP contribution in [-0.2, 0) is 4.79 Å². The van der Waals surface area contributed by atoms with E-state index >= 15 is 0 Å². The molecular weight excluding hydrogens is 180 g/mol. The van der Waals surface area contributed by atoms with Crippen LogP contribution in [0.5, 0.6) is 0 Å². The van der Waals surface area contributed by atoms with E-state index in [0.29, 0.717) is 19.3 Å². The highest BCUT2D eigenvalue weighted by Crippen LogP contribution is 2.43. The zero-order chi connectivity index (χ0) is 11.4. The van der Waals surface area contributed by atoms with E-state index < -0.39 is 17.0 Å². The second kappa shape index (κ2) is 4.78. The van der Waals surface area contributed by atoms with Crippen LogP contribution in [0.25, 0.3) is 0 Å². The minimum absolute atomic E-state index is 0.262. The number of aliphatic carboxylic acids is 1. The van der Waals surface area contributed by atoms with Crippen molar-refractivity contribution in [3.63, 3.8) is 0 Å². The Morgan fingerprint density at radius 1 is 1.00 bits per heavy atom. The number of rotatable bonds is 6. The lowest BCUT2D eigenvalue weighted by atomic mass is 9.65. The largest absolute Gasteiger partial charge is 0.479 e. The molecule has 0 aromatic heterocycles. The average Bonchev–Trinajstić information content (AvgIpc) is 2.20. The van der Waals surface area contributed by atoms with Crippen molar-refractivity contribution in [1.29, 1.82) is 0 Å². The van der Waals surface area contributed by atoms with Gasteiger partial charge in [-0.15, -0.1) is 0 Å². The van der Waals surface area contributed by atoms with Gasteiger partial charge in [0.2, 0.25) is 0 Å². The Bertz CT molecular complexity index is 188. The fraction of sp³-hybridized carbons (Fsp3) is 0.909. The first-order valence-corrected chi connectivity index (χ1v) is 5.39. The van der Waals surface area contributed by atoms with Crippen LogP contribution in [0.3, 0.4) is 0 Å². The third kappa shape index (κ3) is 1.78. The molecule has 14 heavy (non-hydrogen) atoms. The number of carboxylic acid groups (broad SMARTS) is 1. The van der Waals surface area contributed by atoms with Crippen molar-refractivity contribution < 1.29 is 15.0 Å². The topological polar surface area (TPSA) is 57.5 Å². The molecule has 0 spiro atoms. The summed E-state index contributed by atoms with van der Waals surface area (Å²) in [7, 11) is 0. The molecular formula is C11H22O3. The summed E-state index contributed by atoms with van der Waals surface area (Å²) in [6.45, 7) is 7.55. The fourth-order valence-corrected chi connectivity index (χ4v) is 2.38. The van der Waals surface area contributed by atoms with Gasteiger partial charge in [0.15, 0.2) is 5.60 Å². The standard InChI is InChI=1S/C11H22O3/c1-5-10(6-2,7-3)11(14,8-4)9(12)13/h14H,5-8H2,1-4H3,(H,12,13). The molecule has 84 valence electrons. The highest BCUT2D eigenvalue weighted by molar-refractivity contribution is 5.78. The minimum Gasteiger partial charge on any atom is -0.479 e. The van der Waals surface area contributed by atoms with Gasteiger partial charge in [-0.3, -0.25) is 0 Å². The predicted molar refractivity (Wildman–Crippen MR) is 56.2 cm³/mol. The summed E-state index contributed by atoms with van der Waals surface area (Å²) in [4.78, 5) is 11.1. The molecule has 3 nitrogen and oxygen atoms in total. The first-order chi connectivity index (χ1) is 6.44. The van der Waals surface area contributed by atoms with Crippen LogP contribution in [-0.4, -0.2) is 21.8 Å². The Hall–Kier alpha value is -0.570. The molecule has 1 atom stereocenters. The zero-order valence-corrected chi connectivity index (χ0v) is 9.63. The van der Waals surface area contributed by atoms with E-state index in [4.69, 9.17) is 5.11 Å². The summed E-state index contributed by atoms with van der Waals surface area (Å²) in [5.41, 5.74) is -2.07. The van der Waals surface area contributed by atoms with E-state index in [-0.39, 0.29) is 6.42 Å². The quantitative estimate of drug-likeness (QED) is 0.695. The molecule has 0 aromatic carbocycles. The Balaban J connectivity index is 5.22. The second-order valence-corrected chi connectivity index (χ2v) is 3.86. The number of carboxylic acids is 1. The molecule has 3 heteroatoms.